The summed E-state index contributed by atoms with van der Waals surface area (Å²) in [6, 6.07) is 0. The molecule has 0 unspecified atom stereocenters. The Hall–Kier alpha value is -1.53. The lowest BCUT2D eigenvalue weighted by Gasteiger charge is -2.19. The summed E-state index contributed by atoms with van der Waals surface area (Å²) >= 11 is 0. The minimum atomic E-state index is -4.65. The average molecular weight is 236 g/mol. The van der Waals surface area contributed by atoms with Crippen molar-refractivity contribution in [2.24, 2.45) is 7.05 Å². The molecule has 1 N–H and O–H groups in total. The number of aliphatic carboxylic acids is 1. The highest BCUT2D eigenvalue weighted by atomic mass is 19.4. The first kappa shape index (κ1) is 12.5. The van der Waals surface area contributed by atoms with Gasteiger partial charge in [0, 0.05) is 18.8 Å². The maximum absolute atomic E-state index is 12.6. The fourth-order valence-corrected chi connectivity index (χ4v) is 1.27. The van der Waals surface area contributed by atoms with E-state index in [1.54, 1.807) is 0 Å². The molecule has 90 valence electrons. The molecule has 0 fully saturated rings. The van der Waals surface area contributed by atoms with Gasteiger partial charge in [0.05, 0.1) is 5.41 Å². The molecule has 1 rings (SSSR count). The second-order valence-electron chi connectivity index (χ2n) is 3.99. The Balaban J connectivity index is 3.40. The van der Waals surface area contributed by atoms with Crippen LogP contribution in [0.15, 0.2) is 6.20 Å². The molecule has 0 aliphatic heterocycles. The smallest absolute Gasteiger partial charge is 0.435 e. The average Bonchev–Trinajstić information content (AvgIpc) is 2.46. The summed E-state index contributed by atoms with van der Waals surface area (Å²) in [5, 5.41) is 12.1. The van der Waals surface area contributed by atoms with Gasteiger partial charge in [0.1, 0.15) is 0 Å². The van der Waals surface area contributed by atoms with E-state index in [1.165, 1.54) is 20.9 Å². The summed E-state index contributed by atoms with van der Waals surface area (Å²) in [5.74, 6) is -1.33. The Kier molecular flexibility index (Phi) is 2.74. The number of aryl methyl sites for hydroxylation is 1. The number of nitrogens with zero attached hydrogens (tertiary/aromatic N) is 2. The molecule has 0 saturated carbocycles. The minimum absolute atomic E-state index is 0.338. The van der Waals surface area contributed by atoms with Gasteiger partial charge >= 0.3 is 12.1 Å². The van der Waals surface area contributed by atoms with Crippen LogP contribution in [-0.2, 0) is 23.4 Å². The van der Waals surface area contributed by atoms with E-state index in [0.717, 1.165) is 10.9 Å². The largest absolute Gasteiger partial charge is 0.481 e. The first-order valence-electron chi connectivity index (χ1n) is 4.41. The van der Waals surface area contributed by atoms with Gasteiger partial charge < -0.3 is 5.11 Å². The Morgan fingerprint density at radius 2 is 1.94 bits per heavy atom. The van der Waals surface area contributed by atoms with Gasteiger partial charge in [0.2, 0.25) is 0 Å². The maximum atomic E-state index is 12.6. The van der Waals surface area contributed by atoms with E-state index in [0.29, 0.717) is 0 Å². The van der Waals surface area contributed by atoms with Crippen molar-refractivity contribution in [2.75, 3.05) is 0 Å². The number of hydrogen-bond acceptors (Lipinski definition) is 2. The van der Waals surface area contributed by atoms with Gasteiger partial charge in [-0.1, -0.05) is 0 Å². The van der Waals surface area contributed by atoms with Crippen molar-refractivity contribution >= 4 is 5.97 Å². The van der Waals surface area contributed by atoms with Gasteiger partial charge in [0.25, 0.3) is 0 Å². The van der Waals surface area contributed by atoms with E-state index in [9.17, 15) is 18.0 Å². The molecule has 0 aliphatic rings. The number of alkyl halides is 3. The van der Waals surface area contributed by atoms with Crippen molar-refractivity contribution in [3.8, 4) is 0 Å². The van der Waals surface area contributed by atoms with Crippen molar-refractivity contribution in [2.45, 2.75) is 25.4 Å². The zero-order chi connectivity index (χ0) is 12.7. The molecule has 0 saturated heterocycles. The van der Waals surface area contributed by atoms with Crippen molar-refractivity contribution < 1.29 is 23.1 Å². The van der Waals surface area contributed by atoms with Crippen molar-refractivity contribution in [1.29, 1.82) is 0 Å². The second-order valence-corrected chi connectivity index (χ2v) is 3.99. The van der Waals surface area contributed by atoms with Crippen LogP contribution in [0.2, 0.25) is 0 Å². The number of carboxylic acid groups (broad SMARTS) is 1. The van der Waals surface area contributed by atoms with E-state index in [2.05, 4.69) is 5.10 Å². The fourth-order valence-electron chi connectivity index (χ4n) is 1.27. The molecular weight excluding hydrogens is 225 g/mol. The Labute approximate surface area is 89.7 Å². The third kappa shape index (κ3) is 2.02. The minimum Gasteiger partial charge on any atom is -0.481 e. The second kappa shape index (κ2) is 3.50. The lowest BCUT2D eigenvalue weighted by molar-refractivity contribution is -0.146. The summed E-state index contributed by atoms with van der Waals surface area (Å²) in [4.78, 5) is 10.9. The predicted octanol–water partition coefficient (Wildman–Crippen LogP) is 1.80. The van der Waals surface area contributed by atoms with Crippen LogP contribution in [0.25, 0.3) is 0 Å². The lowest BCUT2D eigenvalue weighted by Crippen LogP contribution is -2.30. The molecule has 0 aliphatic carbocycles. The molecule has 0 amide bonds. The number of hydrogen-bond donors (Lipinski definition) is 1. The highest BCUT2D eigenvalue weighted by Gasteiger charge is 2.43. The molecular formula is C9H11F3N2O2. The summed E-state index contributed by atoms with van der Waals surface area (Å²) in [6.45, 7) is 2.42. The third-order valence-corrected chi connectivity index (χ3v) is 2.31. The number of halogens is 3. The van der Waals surface area contributed by atoms with Crippen LogP contribution in [0.3, 0.4) is 0 Å². The number of aromatic nitrogens is 2. The molecule has 1 aromatic rings. The van der Waals surface area contributed by atoms with Gasteiger partial charge in [0.15, 0.2) is 5.69 Å². The van der Waals surface area contributed by atoms with Gasteiger partial charge in [-0.3, -0.25) is 9.48 Å². The van der Waals surface area contributed by atoms with Crippen molar-refractivity contribution in [1.82, 2.24) is 9.78 Å². The molecule has 16 heavy (non-hydrogen) atoms. The fraction of sp³-hybridized carbons (Fsp3) is 0.556. The van der Waals surface area contributed by atoms with E-state index in [-0.39, 0.29) is 5.56 Å². The lowest BCUT2D eigenvalue weighted by atomic mass is 9.85. The molecule has 0 bridgehead atoms. The van der Waals surface area contributed by atoms with E-state index in [4.69, 9.17) is 5.11 Å². The third-order valence-electron chi connectivity index (χ3n) is 2.31. The normalized spacial score (nSPS) is 12.9. The van der Waals surface area contributed by atoms with Crippen LogP contribution in [0, 0.1) is 0 Å². The summed E-state index contributed by atoms with van der Waals surface area (Å²) in [6.07, 6.45) is -3.57. The van der Waals surface area contributed by atoms with Crippen molar-refractivity contribution in [3.63, 3.8) is 0 Å². The molecule has 4 nitrogen and oxygen atoms in total. The van der Waals surface area contributed by atoms with Crippen LogP contribution in [-0.4, -0.2) is 20.9 Å². The number of carbonyl (C=O) groups is 1. The van der Waals surface area contributed by atoms with Crippen LogP contribution in [0.5, 0.6) is 0 Å². The molecule has 0 spiro atoms. The topological polar surface area (TPSA) is 55.1 Å². The van der Waals surface area contributed by atoms with E-state index in [1.807, 2.05) is 0 Å². The van der Waals surface area contributed by atoms with Crippen LogP contribution in [0.1, 0.15) is 25.1 Å². The molecule has 0 atom stereocenters. The van der Waals surface area contributed by atoms with Crippen LogP contribution < -0.4 is 0 Å². The quantitative estimate of drug-likeness (QED) is 0.851. The highest BCUT2D eigenvalue weighted by molar-refractivity contribution is 5.80. The first-order chi connectivity index (χ1) is 7.06. The van der Waals surface area contributed by atoms with Gasteiger partial charge in [-0.05, 0) is 13.8 Å². The van der Waals surface area contributed by atoms with E-state index < -0.39 is 23.3 Å². The summed E-state index contributed by atoms with van der Waals surface area (Å²) in [5.41, 5.74) is -3.11. The van der Waals surface area contributed by atoms with Gasteiger partial charge in [-0.15, -0.1) is 0 Å². The zero-order valence-corrected chi connectivity index (χ0v) is 8.96. The molecule has 0 radical (unpaired) electrons. The van der Waals surface area contributed by atoms with Crippen LogP contribution >= 0.6 is 0 Å². The van der Waals surface area contributed by atoms with Crippen LogP contribution in [0.4, 0.5) is 13.2 Å². The number of rotatable bonds is 2. The SMILES string of the molecule is Cn1cc(C(C)(C)C(=O)O)c(C(F)(F)F)n1. The Morgan fingerprint density at radius 1 is 1.44 bits per heavy atom. The van der Waals surface area contributed by atoms with E-state index >= 15 is 0 Å². The van der Waals surface area contributed by atoms with Gasteiger partial charge in [-0.2, -0.15) is 18.3 Å². The summed E-state index contributed by atoms with van der Waals surface area (Å²) < 4.78 is 38.7. The Bertz CT molecular complexity index is 421. The standard InChI is InChI=1S/C9H11F3N2O2/c1-8(2,7(15)16)5-4-14(3)13-6(5)9(10,11)12/h4H,1-3H3,(H,15,16). The predicted molar refractivity (Wildman–Crippen MR) is 48.9 cm³/mol. The molecule has 0 aromatic carbocycles. The monoisotopic (exact) mass is 236 g/mol. The Morgan fingerprint density at radius 3 is 2.31 bits per heavy atom. The summed E-state index contributed by atoms with van der Waals surface area (Å²) in [7, 11) is 1.32. The number of carboxylic acids is 1. The molecule has 7 heteroatoms. The zero-order valence-electron chi connectivity index (χ0n) is 8.96. The first-order valence-corrected chi connectivity index (χ1v) is 4.41. The van der Waals surface area contributed by atoms with Crippen molar-refractivity contribution in [3.05, 3.63) is 17.5 Å². The highest BCUT2D eigenvalue weighted by Crippen LogP contribution is 2.36. The molecule has 1 heterocycles. The maximum Gasteiger partial charge on any atom is 0.435 e. The molecule has 1 aromatic heterocycles. The van der Waals surface area contributed by atoms with Gasteiger partial charge in [-0.25, -0.2) is 0 Å².